The van der Waals surface area contributed by atoms with Gasteiger partial charge in [-0.3, -0.25) is 24.2 Å². The maximum Gasteiger partial charge on any atom is 0.320 e. The summed E-state index contributed by atoms with van der Waals surface area (Å²) in [7, 11) is 0. The van der Waals surface area contributed by atoms with Crippen LogP contribution in [0.2, 0.25) is 0 Å². The van der Waals surface area contributed by atoms with Crippen molar-refractivity contribution in [2.75, 3.05) is 19.6 Å². The highest BCUT2D eigenvalue weighted by Gasteiger charge is 2.20. The van der Waals surface area contributed by atoms with Gasteiger partial charge in [0.2, 0.25) is 0 Å². The van der Waals surface area contributed by atoms with Crippen molar-refractivity contribution in [1.82, 2.24) is 10.6 Å². The molecule has 2 fully saturated rings. The smallest absolute Gasteiger partial charge is 0.320 e. The minimum absolute atomic E-state index is 0.0129. The quantitative estimate of drug-likeness (QED) is 0.0893. The number of hydrogen-bond donors (Lipinski definition) is 10. The zero-order chi connectivity index (χ0) is 30.5. The molecule has 2 heterocycles. The number of nitrogens with one attached hydrogen (secondary N) is 2. The number of carbonyl (C=O) groups is 4. The molecule has 226 valence electrons. The molecule has 2 aliphatic rings. The molecule has 0 amide bonds. The Kier molecular flexibility index (Phi) is 19.1. The van der Waals surface area contributed by atoms with E-state index < -0.39 is 36.0 Å². The van der Waals surface area contributed by atoms with Crippen LogP contribution in [0.4, 0.5) is 0 Å². The number of carboxylic acids is 4. The van der Waals surface area contributed by atoms with Gasteiger partial charge >= 0.3 is 23.9 Å². The van der Waals surface area contributed by atoms with Gasteiger partial charge < -0.3 is 54.0 Å². The summed E-state index contributed by atoms with van der Waals surface area (Å²) in [5, 5.41) is 39.3. The third-order valence-electron chi connectivity index (χ3n) is 5.62. The Balaban J connectivity index is 0.000000515. The van der Waals surface area contributed by atoms with Gasteiger partial charge in [0.1, 0.15) is 24.2 Å². The van der Waals surface area contributed by atoms with Crippen LogP contribution in [-0.2, 0) is 25.6 Å². The first kappa shape index (κ1) is 36.2. The van der Waals surface area contributed by atoms with Crippen molar-refractivity contribution >= 4 is 29.8 Å². The van der Waals surface area contributed by atoms with Gasteiger partial charge in [0.15, 0.2) is 5.96 Å². The molecule has 1 aromatic rings. The fourth-order valence-electron chi connectivity index (χ4n) is 3.39. The first-order valence-corrected chi connectivity index (χ1v) is 12.8. The van der Waals surface area contributed by atoms with E-state index in [4.69, 9.17) is 43.4 Å². The van der Waals surface area contributed by atoms with E-state index in [-0.39, 0.29) is 18.0 Å². The lowest BCUT2D eigenvalue weighted by molar-refractivity contribution is -0.140. The average molecular weight is 570 g/mol. The van der Waals surface area contributed by atoms with Crippen LogP contribution in [0.15, 0.2) is 35.3 Å². The number of carboxylic acid groups (broad SMARTS) is 4. The van der Waals surface area contributed by atoms with Crippen LogP contribution < -0.4 is 33.6 Å². The second-order valence-corrected chi connectivity index (χ2v) is 9.00. The molecule has 0 spiro atoms. The van der Waals surface area contributed by atoms with Crippen molar-refractivity contribution in [2.45, 2.75) is 69.1 Å². The Hall–Kier alpha value is -3.79. The number of hydrogen-bond acceptors (Lipinski definition) is 9. The van der Waals surface area contributed by atoms with Gasteiger partial charge in [0.05, 0.1) is 0 Å². The molecule has 2 aliphatic heterocycles. The van der Waals surface area contributed by atoms with Crippen molar-refractivity contribution in [2.24, 2.45) is 27.9 Å². The van der Waals surface area contributed by atoms with Crippen molar-refractivity contribution < 1.29 is 39.6 Å². The Morgan fingerprint density at radius 2 is 1.30 bits per heavy atom. The lowest BCUT2D eigenvalue weighted by atomic mass is 10.1. The van der Waals surface area contributed by atoms with Gasteiger partial charge in [-0.2, -0.15) is 0 Å². The minimum atomic E-state index is -1.00. The molecule has 15 heteroatoms. The number of nitrogens with zero attached hydrogens (tertiary/aromatic N) is 1. The van der Waals surface area contributed by atoms with Crippen LogP contribution in [0.5, 0.6) is 0 Å². The van der Waals surface area contributed by atoms with E-state index in [0.717, 1.165) is 44.3 Å². The fourth-order valence-corrected chi connectivity index (χ4v) is 3.39. The molecule has 0 aliphatic carbocycles. The second kappa shape index (κ2) is 21.1. The van der Waals surface area contributed by atoms with Gasteiger partial charge in [0, 0.05) is 6.54 Å². The molecule has 15 nitrogen and oxygen atoms in total. The van der Waals surface area contributed by atoms with Crippen LogP contribution in [0.1, 0.15) is 44.1 Å². The third-order valence-corrected chi connectivity index (χ3v) is 5.62. The maximum absolute atomic E-state index is 10.4. The number of aliphatic carboxylic acids is 4. The summed E-state index contributed by atoms with van der Waals surface area (Å²) in [5.41, 5.74) is 21.6. The standard InChI is InChI=1S/C9H11NO2.C6H14N4O2.2C5H9NO2/c10-8(9(11)12)6-7-4-2-1-3-5-7;7-4(5(11)12)2-1-3-10-6(8)9;2*7-5(8)4-2-1-3-6-4/h1-5,8H,6,10H2,(H,11,12);4H,1-3,7H2,(H,11,12)(H4,8,9,10);2*4,6H,1-3H2,(H,7,8)/t;;2*4-/m..00/s1. The van der Waals surface area contributed by atoms with E-state index in [2.05, 4.69) is 15.6 Å². The molecule has 4 atom stereocenters. The Morgan fingerprint density at radius 1 is 0.825 bits per heavy atom. The Morgan fingerprint density at radius 3 is 1.62 bits per heavy atom. The molecule has 0 bridgehead atoms. The van der Waals surface area contributed by atoms with Gasteiger partial charge in [-0.05, 0) is 63.6 Å². The zero-order valence-corrected chi connectivity index (χ0v) is 22.4. The molecule has 0 radical (unpaired) electrons. The van der Waals surface area contributed by atoms with Gasteiger partial charge in [-0.25, -0.2) is 0 Å². The second-order valence-electron chi connectivity index (χ2n) is 9.00. The van der Waals surface area contributed by atoms with E-state index in [1.165, 1.54) is 0 Å². The third kappa shape index (κ3) is 18.5. The lowest BCUT2D eigenvalue weighted by Gasteiger charge is -2.04. The summed E-state index contributed by atoms with van der Waals surface area (Å²) in [5.74, 6) is -3.39. The number of nitrogens with two attached hydrogens (primary N) is 4. The van der Waals surface area contributed by atoms with Gasteiger partial charge in [-0.1, -0.05) is 30.3 Å². The predicted molar refractivity (Wildman–Crippen MR) is 149 cm³/mol. The molecular weight excluding hydrogens is 526 g/mol. The Bertz CT molecular complexity index is 891. The van der Waals surface area contributed by atoms with Crippen molar-refractivity contribution in [3.8, 4) is 0 Å². The van der Waals surface area contributed by atoms with E-state index in [1.807, 2.05) is 30.3 Å². The highest BCUT2D eigenvalue weighted by molar-refractivity contribution is 5.76. The molecule has 2 unspecified atom stereocenters. The van der Waals surface area contributed by atoms with Crippen molar-refractivity contribution in [1.29, 1.82) is 0 Å². The van der Waals surface area contributed by atoms with Crippen LogP contribution in [0, 0.1) is 0 Å². The monoisotopic (exact) mass is 569 g/mol. The normalized spacial score (nSPS) is 18.6. The number of aliphatic imine (C=N–C) groups is 1. The first-order valence-electron chi connectivity index (χ1n) is 12.8. The van der Waals surface area contributed by atoms with Crippen LogP contribution in [-0.4, -0.2) is 94.1 Å². The largest absolute Gasteiger partial charge is 0.480 e. The molecule has 1 aromatic carbocycles. The molecule has 0 saturated carbocycles. The molecular formula is C25H43N7O8. The van der Waals surface area contributed by atoms with Crippen molar-refractivity contribution in [3.63, 3.8) is 0 Å². The van der Waals surface area contributed by atoms with Crippen LogP contribution in [0.3, 0.4) is 0 Å². The van der Waals surface area contributed by atoms with Crippen LogP contribution in [0.25, 0.3) is 0 Å². The highest BCUT2D eigenvalue weighted by Crippen LogP contribution is 2.04. The molecule has 3 rings (SSSR count). The number of benzene rings is 1. The zero-order valence-electron chi connectivity index (χ0n) is 22.4. The van der Waals surface area contributed by atoms with E-state index >= 15 is 0 Å². The lowest BCUT2D eigenvalue weighted by Crippen LogP contribution is -2.32. The summed E-state index contributed by atoms with van der Waals surface area (Å²) in [6, 6.07) is 7.19. The van der Waals surface area contributed by atoms with Gasteiger partial charge in [-0.15, -0.1) is 0 Å². The van der Waals surface area contributed by atoms with Crippen molar-refractivity contribution in [3.05, 3.63) is 35.9 Å². The molecule has 0 aromatic heterocycles. The Labute approximate surface area is 233 Å². The molecule has 40 heavy (non-hydrogen) atoms. The number of guanidine groups is 1. The van der Waals surface area contributed by atoms with E-state index in [1.54, 1.807) is 0 Å². The topological polar surface area (TPSA) is 290 Å². The highest BCUT2D eigenvalue weighted by atomic mass is 16.4. The maximum atomic E-state index is 10.4. The van der Waals surface area contributed by atoms with E-state index in [0.29, 0.717) is 25.8 Å². The fraction of sp³-hybridized carbons (Fsp3) is 0.560. The number of rotatable bonds is 10. The van der Waals surface area contributed by atoms with E-state index in [9.17, 15) is 19.2 Å². The summed E-state index contributed by atoms with van der Waals surface area (Å²) in [6.07, 6.45) is 4.91. The summed E-state index contributed by atoms with van der Waals surface area (Å²) in [6.45, 7) is 2.14. The van der Waals surface area contributed by atoms with Crippen LogP contribution >= 0.6 is 0 Å². The minimum Gasteiger partial charge on any atom is -0.480 e. The SMILES string of the molecule is NC(Cc1ccccc1)C(=O)O.NC(N)=NCCCC(N)C(=O)O.O=C(O)[C@@H]1CCCN1.O=C(O)[C@@H]1CCCN1. The summed E-state index contributed by atoms with van der Waals surface area (Å²) >= 11 is 0. The predicted octanol–water partition coefficient (Wildman–Crippen LogP) is -1.26. The average Bonchev–Trinajstić information content (AvgIpc) is 3.63. The first-order chi connectivity index (χ1) is 18.8. The summed E-state index contributed by atoms with van der Waals surface area (Å²) in [4.78, 5) is 44.6. The summed E-state index contributed by atoms with van der Waals surface area (Å²) < 4.78 is 0. The van der Waals surface area contributed by atoms with Gasteiger partial charge in [0.25, 0.3) is 0 Å². The molecule has 14 N–H and O–H groups in total. The molecule has 2 saturated heterocycles.